The lowest BCUT2D eigenvalue weighted by Crippen LogP contribution is -2.60. The van der Waals surface area contributed by atoms with Gasteiger partial charge in [-0.05, 0) is 0 Å². The third-order valence-electron chi connectivity index (χ3n) is 2.60. The van der Waals surface area contributed by atoms with E-state index in [0.717, 1.165) is 0 Å². The smallest absolute Gasteiger partial charge is 0.137 e. The number of piperidine rings is 1. The fourth-order valence-electron chi connectivity index (χ4n) is 1.68. The van der Waals surface area contributed by atoms with Gasteiger partial charge in [-0.15, -0.1) is 0 Å². The molecule has 4 atom stereocenters. The number of hydrogen-bond donors (Lipinski definition) is 4. The van der Waals surface area contributed by atoms with Crippen LogP contribution in [0, 0.1) is 0 Å². The summed E-state index contributed by atoms with van der Waals surface area (Å²) in [5.41, 5.74) is 0. The highest BCUT2D eigenvalue weighted by molar-refractivity contribution is 4.91. The van der Waals surface area contributed by atoms with E-state index in [1.165, 1.54) is 12.7 Å². The molecule has 1 aliphatic heterocycles. The maximum absolute atomic E-state index is 9.67. The van der Waals surface area contributed by atoms with Gasteiger partial charge in [0.05, 0.1) is 24.8 Å². The van der Waals surface area contributed by atoms with Crippen molar-refractivity contribution in [3.05, 3.63) is 12.7 Å². The Balaban J connectivity index is 1.98. The van der Waals surface area contributed by atoms with Gasteiger partial charge in [-0.25, -0.2) is 4.98 Å². The maximum Gasteiger partial charge on any atom is 0.137 e. The Kier molecular flexibility index (Phi) is 2.96. The molecular formula is C8H14N4O3. The minimum atomic E-state index is -1.11. The summed E-state index contributed by atoms with van der Waals surface area (Å²) in [6.45, 7) is 0.669. The SMILES string of the molecule is O[C@H]1[C@H](O)[C@@H](Cn2cncn2)NC[C@@H]1O. The Morgan fingerprint density at radius 2 is 2.13 bits per heavy atom. The molecule has 0 amide bonds. The first kappa shape index (κ1) is 10.5. The molecule has 7 nitrogen and oxygen atoms in total. The lowest BCUT2D eigenvalue weighted by atomic mass is 9.96. The summed E-state index contributed by atoms with van der Waals surface area (Å²) in [5.74, 6) is 0. The van der Waals surface area contributed by atoms with Gasteiger partial charge in [0.25, 0.3) is 0 Å². The van der Waals surface area contributed by atoms with Crippen LogP contribution in [0.15, 0.2) is 12.7 Å². The zero-order chi connectivity index (χ0) is 10.8. The van der Waals surface area contributed by atoms with Crippen LogP contribution in [0.5, 0.6) is 0 Å². The summed E-state index contributed by atoms with van der Waals surface area (Å²) in [7, 11) is 0. The van der Waals surface area contributed by atoms with E-state index >= 15 is 0 Å². The number of aliphatic hydroxyl groups excluding tert-OH is 3. The van der Waals surface area contributed by atoms with Crippen LogP contribution in [-0.2, 0) is 6.54 Å². The van der Waals surface area contributed by atoms with Crippen molar-refractivity contribution in [2.45, 2.75) is 30.9 Å². The van der Waals surface area contributed by atoms with Crippen molar-refractivity contribution in [3.63, 3.8) is 0 Å². The highest BCUT2D eigenvalue weighted by Gasteiger charge is 2.36. The van der Waals surface area contributed by atoms with Gasteiger partial charge in [-0.1, -0.05) is 0 Å². The van der Waals surface area contributed by atoms with Gasteiger partial charge in [0.15, 0.2) is 0 Å². The van der Waals surface area contributed by atoms with Gasteiger partial charge < -0.3 is 20.6 Å². The van der Waals surface area contributed by atoms with Crippen LogP contribution < -0.4 is 5.32 Å². The van der Waals surface area contributed by atoms with E-state index in [9.17, 15) is 15.3 Å². The van der Waals surface area contributed by atoms with Crippen LogP contribution in [0.1, 0.15) is 0 Å². The highest BCUT2D eigenvalue weighted by Crippen LogP contribution is 2.11. The molecule has 2 rings (SSSR count). The minimum absolute atomic E-state index is 0.261. The van der Waals surface area contributed by atoms with Gasteiger partial charge in [0.1, 0.15) is 18.8 Å². The first-order chi connectivity index (χ1) is 7.18. The number of rotatable bonds is 2. The first-order valence-corrected chi connectivity index (χ1v) is 4.78. The van der Waals surface area contributed by atoms with E-state index < -0.39 is 18.3 Å². The predicted molar refractivity (Wildman–Crippen MR) is 49.8 cm³/mol. The number of hydrogen-bond acceptors (Lipinski definition) is 6. The third kappa shape index (κ3) is 2.15. The van der Waals surface area contributed by atoms with Crippen LogP contribution in [-0.4, -0.2) is 61.0 Å². The van der Waals surface area contributed by atoms with E-state index in [1.807, 2.05) is 0 Å². The Bertz CT molecular complexity index is 305. The second kappa shape index (κ2) is 4.23. The van der Waals surface area contributed by atoms with Crippen LogP contribution in [0.2, 0.25) is 0 Å². The monoisotopic (exact) mass is 214 g/mol. The third-order valence-corrected chi connectivity index (χ3v) is 2.60. The van der Waals surface area contributed by atoms with Crippen molar-refractivity contribution in [1.82, 2.24) is 20.1 Å². The molecule has 1 aliphatic rings. The normalized spacial score (nSPS) is 36.7. The predicted octanol–water partition coefficient (Wildman–Crippen LogP) is -2.67. The Hall–Kier alpha value is -1.02. The Morgan fingerprint density at radius 3 is 2.80 bits per heavy atom. The molecule has 7 heteroatoms. The van der Waals surface area contributed by atoms with Gasteiger partial charge in [-0.2, -0.15) is 5.10 Å². The number of aromatic nitrogens is 3. The average Bonchev–Trinajstić information content (AvgIpc) is 2.72. The zero-order valence-electron chi connectivity index (χ0n) is 8.06. The van der Waals surface area contributed by atoms with E-state index in [4.69, 9.17) is 0 Å². The lowest BCUT2D eigenvalue weighted by molar-refractivity contribution is -0.0966. The Morgan fingerprint density at radius 1 is 1.33 bits per heavy atom. The lowest BCUT2D eigenvalue weighted by Gasteiger charge is -2.35. The second-order valence-corrected chi connectivity index (χ2v) is 3.68. The van der Waals surface area contributed by atoms with Gasteiger partial charge >= 0.3 is 0 Å². The Labute approximate surface area is 86.4 Å². The summed E-state index contributed by atoms with van der Waals surface area (Å²) in [5, 5.41) is 35.3. The fourth-order valence-corrected chi connectivity index (χ4v) is 1.68. The molecule has 1 fully saturated rings. The maximum atomic E-state index is 9.67. The molecule has 0 spiro atoms. The van der Waals surface area contributed by atoms with Gasteiger partial charge in [-0.3, -0.25) is 4.68 Å². The average molecular weight is 214 g/mol. The van der Waals surface area contributed by atoms with Crippen LogP contribution >= 0.6 is 0 Å². The molecule has 0 saturated carbocycles. The highest BCUT2D eigenvalue weighted by atomic mass is 16.4. The van der Waals surface area contributed by atoms with Crippen molar-refractivity contribution in [1.29, 1.82) is 0 Å². The molecule has 0 aromatic carbocycles. The van der Waals surface area contributed by atoms with Crippen molar-refractivity contribution in [2.75, 3.05) is 6.54 Å². The topological polar surface area (TPSA) is 103 Å². The molecule has 0 bridgehead atoms. The van der Waals surface area contributed by atoms with Gasteiger partial charge in [0, 0.05) is 6.54 Å². The molecule has 4 N–H and O–H groups in total. The second-order valence-electron chi connectivity index (χ2n) is 3.68. The largest absolute Gasteiger partial charge is 0.389 e. The molecule has 15 heavy (non-hydrogen) atoms. The molecule has 1 aromatic heterocycles. The van der Waals surface area contributed by atoms with Crippen molar-refractivity contribution in [2.24, 2.45) is 0 Å². The van der Waals surface area contributed by atoms with Crippen molar-refractivity contribution < 1.29 is 15.3 Å². The molecule has 1 aromatic rings. The summed E-state index contributed by atoms with van der Waals surface area (Å²) < 4.78 is 1.56. The van der Waals surface area contributed by atoms with E-state index in [0.29, 0.717) is 6.54 Å². The number of nitrogens with zero attached hydrogens (tertiary/aromatic N) is 3. The quantitative estimate of drug-likeness (QED) is 0.428. The van der Waals surface area contributed by atoms with Crippen molar-refractivity contribution >= 4 is 0 Å². The molecule has 1 saturated heterocycles. The fraction of sp³-hybridized carbons (Fsp3) is 0.750. The number of nitrogens with one attached hydrogen (secondary N) is 1. The number of β-amino-alcohol motifs (C(OH)–C–C–N with tert-alkyl or cyclic N) is 1. The molecule has 0 unspecified atom stereocenters. The zero-order valence-corrected chi connectivity index (χ0v) is 8.06. The standard InChI is InChI=1S/C8H14N4O3/c13-6-1-10-5(7(14)8(6)15)2-12-4-9-3-11-12/h3-8,10,13-15H,1-2H2/t5-,6+,7-,8-/m1/s1. The minimum Gasteiger partial charge on any atom is -0.389 e. The molecule has 2 heterocycles. The van der Waals surface area contributed by atoms with Gasteiger partial charge in [0.2, 0.25) is 0 Å². The first-order valence-electron chi connectivity index (χ1n) is 4.78. The summed E-state index contributed by atoms with van der Waals surface area (Å²) in [6.07, 6.45) is -0.100. The summed E-state index contributed by atoms with van der Waals surface area (Å²) in [6, 6.07) is -0.329. The molecule has 0 aliphatic carbocycles. The number of aliphatic hydroxyl groups is 3. The van der Waals surface area contributed by atoms with Crippen LogP contribution in [0.3, 0.4) is 0 Å². The van der Waals surface area contributed by atoms with E-state index in [-0.39, 0.29) is 12.6 Å². The summed E-state index contributed by atoms with van der Waals surface area (Å²) in [4.78, 5) is 3.78. The van der Waals surface area contributed by atoms with E-state index in [2.05, 4.69) is 15.4 Å². The molecular weight excluding hydrogens is 200 g/mol. The van der Waals surface area contributed by atoms with E-state index in [1.54, 1.807) is 4.68 Å². The van der Waals surface area contributed by atoms with Crippen LogP contribution in [0.4, 0.5) is 0 Å². The van der Waals surface area contributed by atoms with Crippen LogP contribution in [0.25, 0.3) is 0 Å². The summed E-state index contributed by atoms with van der Waals surface area (Å²) >= 11 is 0. The molecule has 0 radical (unpaired) electrons. The van der Waals surface area contributed by atoms with Crippen molar-refractivity contribution in [3.8, 4) is 0 Å². The molecule has 84 valence electrons.